The molecule has 1 heterocycles. The Balaban J connectivity index is 0.00000316. The van der Waals surface area contributed by atoms with Gasteiger partial charge in [-0.25, -0.2) is 4.98 Å². The fraction of sp³-hybridized carbons (Fsp3) is 0.297. The van der Waals surface area contributed by atoms with E-state index in [0.29, 0.717) is 0 Å². The van der Waals surface area contributed by atoms with Crippen LogP contribution in [0.25, 0.3) is 11.3 Å². The molecule has 6 heteroatoms. The number of aromatic nitrogens is 1. The van der Waals surface area contributed by atoms with Crippen molar-refractivity contribution in [2.45, 2.75) is 68.2 Å². The number of aliphatic imine (C=N–C) groups is 1. The monoisotopic (exact) mass is 595 g/mol. The van der Waals surface area contributed by atoms with Crippen molar-refractivity contribution < 1.29 is 0 Å². The predicted octanol–water partition coefficient (Wildman–Crippen LogP) is 10.9. The number of hydrogen-bond acceptors (Lipinski definition) is 6. The van der Waals surface area contributed by atoms with Crippen LogP contribution in [0.2, 0.25) is 0 Å². The number of allylic oxidation sites excluding steroid dienone is 5. The molecule has 43 heavy (non-hydrogen) atoms. The average molecular weight is 596 g/mol. The number of anilines is 3. The van der Waals surface area contributed by atoms with Crippen molar-refractivity contribution >= 4 is 44.8 Å². The Hall–Kier alpha value is -4.16. The van der Waals surface area contributed by atoms with Crippen LogP contribution in [0.5, 0.6) is 0 Å². The summed E-state index contributed by atoms with van der Waals surface area (Å²) in [6, 6.07) is 16.4. The number of nitrogens with zero attached hydrogens (tertiary/aromatic N) is 2. The van der Waals surface area contributed by atoms with Crippen molar-refractivity contribution in [3.63, 3.8) is 0 Å². The Morgan fingerprint density at radius 3 is 2.35 bits per heavy atom. The number of nitrogens with one attached hydrogen (secondary N) is 3. The zero-order chi connectivity index (χ0) is 31.8. The summed E-state index contributed by atoms with van der Waals surface area (Å²) in [7, 11) is 0. The summed E-state index contributed by atoms with van der Waals surface area (Å²) in [5.41, 5.74) is 11.0. The Bertz CT molecular complexity index is 1470. The van der Waals surface area contributed by atoms with E-state index in [2.05, 4.69) is 91.7 Å². The van der Waals surface area contributed by atoms with E-state index in [4.69, 9.17) is 9.98 Å². The Kier molecular flexibility index (Phi) is 15.0. The minimum absolute atomic E-state index is 0.837. The maximum Gasteiger partial charge on any atom is 0.187 e. The number of hydrogen-bond donors (Lipinski definition) is 3. The molecule has 1 aromatic heterocycles. The normalized spacial score (nSPS) is 12.3. The van der Waals surface area contributed by atoms with Gasteiger partial charge in [-0.1, -0.05) is 82.8 Å². The van der Waals surface area contributed by atoms with Gasteiger partial charge in [-0.3, -0.25) is 4.99 Å². The van der Waals surface area contributed by atoms with Gasteiger partial charge in [-0.2, -0.15) is 0 Å². The largest absolute Gasteiger partial charge is 0.385 e. The lowest BCUT2D eigenvalue weighted by Crippen LogP contribution is -2.14. The maximum absolute atomic E-state index is 4.81. The molecule has 0 bridgehead atoms. The van der Waals surface area contributed by atoms with Crippen molar-refractivity contribution in [2.24, 2.45) is 4.99 Å². The highest BCUT2D eigenvalue weighted by Gasteiger charge is 2.08. The Morgan fingerprint density at radius 1 is 1.00 bits per heavy atom. The van der Waals surface area contributed by atoms with E-state index >= 15 is 0 Å². The number of aryl methyl sites for hydroxylation is 1. The molecule has 0 radical (unpaired) electrons. The zero-order valence-corrected chi connectivity index (χ0v) is 28.1. The average Bonchev–Trinajstić information content (AvgIpc) is 3.48. The van der Waals surface area contributed by atoms with Gasteiger partial charge in [-0.15, -0.1) is 11.3 Å². The molecule has 3 N–H and O–H groups in total. The Labute approximate surface area is 264 Å². The molecule has 0 spiro atoms. The van der Waals surface area contributed by atoms with E-state index in [1.807, 2.05) is 65.0 Å². The van der Waals surface area contributed by atoms with Crippen molar-refractivity contribution in [1.82, 2.24) is 10.3 Å². The van der Waals surface area contributed by atoms with Crippen LogP contribution in [0.1, 0.15) is 78.1 Å². The zero-order valence-electron chi connectivity index (χ0n) is 27.3. The second kappa shape index (κ2) is 18.4. The highest BCUT2D eigenvalue weighted by Crippen LogP contribution is 2.28. The van der Waals surface area contributed by atoms with Crippen molar-refractivity contribution in [2.75, 3.05) is 17.2 Å². The van der Waals surface area contributed by atoms with Gasteiger partial charge in [0.25, 0.3) is 0 Å². The first-order valence-electron chi connectivity index (χ1n) is 15.1. The fourth-order valence-electron chi connectivity index (χ4n) is 4.00. The van der Waals surface area contributed by atoms with Gasteiger partial charge in [0.15, 0.2) is 5.13 Å². The van der Waals surface area contributed by atoms with Crippen molar-refractivity contribution in [1.29, 1.82) is 0 Å². The van der Waals surface area contributed by atoms with Gasteiger partial charge >= 0.3 is 0 Å². The van der Waals surface area contributed by atoms with E-state index in [9.17, 15) is 0 Å². The molecule has 0 saturated carbocycles. The molecule has 0 aliphatic heterocycles. The summed E-state index contributed by atoms with van der Waals surface area (Å²) in [6.45, 7) is 25.7. The lowest BCUT2D eigenvalue weighted by molar-refractivity contribution is 0.718. The summed E-state index contributed by atoms with van der Waals surface area (Å²) in [6.07, 6.45) is 8.45. The number of benzene rings is 2. The summed E-state index contributed by atoms with van der Waals surface area (Å²) >= 11 is 1.58. The topological polar surface area (TPSA) is 61.3 Å². The van der Waals surface area contributed by atoms with Crippen LogP contribution in [0, 0.1) is 6.92 Å². The summed E-state index contributed by atoms with van der Waals surface area (Å²) in [4.78, 5) is 9.62. The second-order valence-corrected chi connectivity index (χ2v) is 10.8. The summed E-state index contributed by atoms with van der Waals surface area (Å²) in [5.74, 6) is 0. The SMILES string of the molecule is C=C(NCCCC)C(/C=C\C(C)=N/C(C)=C(\C)c1csc(Nc2ccc(C(=C)Nc3ccccc3C)cc2)n1)=C/C.CC. The predicted molar refractivity (Wildman–Crippen MR) is 193 cm³/mol. The van der Waals surface area contributed by atoms with Crippen molar-refractivity contribution in [3.05, 3.63) is 119 Å². The van der Waals surface area contributed by atoms with E-state index < -0.39 is 0 Å². The molecule has 0 amide bonds. The van der Waals surface area contributed by atoms with Gasteiger partial charge in [0.1, 0.15) is 0 Å². The van der Waals surface area contributed by atoms with E-state index in [0.717, 1.165) is 81.1 Å². The van der Waals surface area contributed by atoms with Gasteiger partial charge in [-0.05, 0) is 87.6 Å². The molecular weight excluding hydrogens is 547 g/mol. The summed E-state index contributed by atoms with van der Waals surface area (Å²) in [5, 5.41) is 13.1. The van der Waals surface area contributed by atoms with E-state index in [-0.39, 0.29) is 0 Å². The molecular formula is C37H49N5S. The molecule has 0 saturated heterocycles. The van der Waals surface area contributed by atoms with Crippen LogP contribution in [-0.2, 0) is 0 Å². The molecule has 5 nitrogen and oxygen atoms in total. The van der Waals surface area contributed by atoms with E-state index in [1.54, 1.807) is 11.3 Å². The maximum atomic E-state index is 4.81. The van der Waals surface area contributed by atoms with Crippen LogP contribution >= 0.6 is 11.3 Å². The molecule has 2 aromatic carbocycles. The van der Waals surface area contributed by atoms with Crippen LogP contribution < -0.4 is 16.0 Å². The lowest BCUT2D eigenvalue weighted by atomic mass is 10.1. The minimum Gasteiger partial charge on any atom is -0.385 e. The third-order valence-electron chi connectivity index (χ3n) is 6.72. The van der Waals surface area contributed by atoms with Crippen LogP contribution in [0.4, 0.5) is 16.5 Å². The number of para-hydroxylation sites is 1. The Morgan fingerprint density at radius 2 is 1.70 bits per heavy atom. The van der Waals surface area contributed by atoms with Gasteiger partial charge in [0.2, 0.25) is 0 Å². The number of rotatable bonds is 14. The van der Waals surface area contributed by atoms with E-state index in [1.165, 1.54) is 5.56 Å². The quantitative estimate of drug-likeness (QED) is 0.0985. The third-order valence-corrected chi connectivity index (χ3v) is 7.48. The lowest BCUT2D eigenvalue weighted by Gasteiger charge is -2.12. The molecule has 0 aliphatic carbocycles. The molecule has 228 valence electrons. The molecule has 0 unspecified atom stereocenters. The number of thiazole rings is 1. The highest BCUT2D eigenvalue weighted by atomic mass is 32.1. The molecule has 3 aromatic rings. The van der Waals surface area contributed by atoms with Crippen LogP contribution in [0.15, 0.2) is 107 Å². The standard InChI is InChI=1S/C35H43N5S.C2H6/c1-9-11-22-36-28(7)30(10-2)17-16-25(4)37-27(6)26(5)34-23-41-35(40-34)39-32-20-18-31(19-21-32)29(8)38-33-15-13-12-14-24(33)3;1-2/h10,12-21,23,36,38H,7-9,11,22H2,1-6H3,(H,39,40);1-2H3/b17-16-,27-26+,30-10+,37-25-;. The molecule has 3 rings (SSSR count). The minimum atomic E-state index is 0.837. The fourth-order valence-corrected chi connectivity index (χ4v) is 4.78. The smallest absolute Gasteiger partial charge is 0.187 e. The molecule has 0 aliphatic rings. The van der Waals surface area contributed by atoms with Gasteiger partial charge in [0, 0.05) is 46.1 Å². The number of unbranched alkanes of at least 4 members (excludes halogenated alkanes) is 1. The first-order valence-corrected chi connectivity index (χ1v) is 15.9. The third kappa shape index (κ3) is 11.2. The molecule has 0 atom stereocenters. The van der Waals surface area contributed by atoms with Crippen LogP contribution in [0.3, 0.4) is 0 Å². The molecule has 0 fully saturated rings. The first kappa shape index (κ1) is 35.0. The van der Waals surface area contributed by atoms with Crippen LogP contribution in [-0.4, -0.2) is 17.2 Å². The van der Waals surface area contributed by atoms with Crippen molar-refractivity contribution in [3.8, 4) is 0 Å². The highest BCUT2D eigenvalue weighted by molar-refractivity contribution is 7.13. The van der Waals surface area contributed by atoms with Gasteiger partial charge in [0.05, 0.1) is 5.69 Å². The summed E-state index contributed by atoms with van der Waals surface area (Å²) < 4.78 is 0. The van der Waals surface area contributed by atoms with Gasteiger partial charge < -0.3 is 16.0 Å². The second-order valence-electron chi connectivity index (χ2n) is 9.96. The first-order chi connectivity index (χ1) is 20.7.